The van der Waals surface area contributed by atoms with Crippen LogP contribution in [0.25, 0.3) is 4.72 Å². The summed E-state index contributed by atoms with van der Waals surface area (Å²) < 4.78 is 29.1. The molecule has 0 spiro atoms. The molecule has 1 aliphatic heterocycles. The third kappa shape index (κ3) is 6.56. The lowest BCUT2D eigenvalue weighted by Gasteiger charge is -2.24. The van der Waals surface area contributed by atoms with E-state index in [4.69, 9.17) is 11.6 Å². The molecule has 0 aliphatic carbocycles. The fourth-order valence-corrected chi connectivity index (χ4v) is 4.95. The standard InChI is InChI=1S/C24H23ClN5O4S/c25-19-6-8-21(9-7-19)28-35(33,34)22-10-11-23(24(16-22)30(31)32)27-26-20-12-14-29(15-13-20)17-18-4-2-1-3-5-18/h1-11,16,27H,12-15,17H2/q-1/p+1. The second kappa shape index (κ2) is 10.9. The van der Waals surface area contributed by atoms with Crippen molar-refractivity contribution in [2.45, 2.75) is 24.3 Å². The van der Waals surface area contributed by atoms with E-state index in [1.807, 2.05) is 18.2 Å². The summed E-state index contributed by atoms with van der Waals surface area (Å²) >= 11 is 5.81. The number of benzene rings is 3. The molecule has 0 unspecified atom stereocenters. The van der Waals surface area contributed by atoms with Gasteiger partial charge in [0.25, 0.3) is 5.69 Å². The molecule has 4 rings (SSSR count). The van der Waals surface area contributed by atoms with Gasteiger partial charge in [0.2, 0.25) is 0 Å². The summed E-state index contributed by atoms with van der Waals surface area (Å²) in [5.41, 5.74) is 4.86. The number of hydrogen-bond donors (Lipinski definition) is 2. The molecule has 1 heterocycles. The molecule has 11 heteroatoms. The van der Waals surface area contributed by atoms with Crippen LogP contribution >= 0.6 is 11.6 Å². The summed E-state index contributed by atoms with van der Waals surface area (Å²) in [5.74, 6) is 0. The zero-order chi connectivity index (χ0) is 24.8. The van der Waals surface area contributed by atoms with Gasteiger partial charge in [-0.05, 0) is 24.3 Å². The average Bonchev–Trinajstić information content (AvgIpc) is 2.85. The van der Waals surface area contributed by atoms with Gasteiger partial charge in [0.1, 0.15) is 22.3 Å². The third-order valence-corrected chi connectivity index (χ3v) is 7.23. The average molecular weight is 514 g/mol. The highest BCUT2D eigenvalue weighted by molar-refractivity contribution is 7.94. The van der Waals surface area contributed by atoms with E-state index in [0.29, 0.717) is 5.02 Å². The summed E-state index contributed by atoms with van der Waals surface area (Å²) in [5, 5.41) is 16.4. The Labute approximate surface area is 208 Å². The minimum absolute atomic E-state index is 0.118. The van der Waals surface area contributed by atoms with Crippen LogP contribution in [0.1, 0.15) is 18.4 Å². The lowest BCUT2D eigenvalue weighted by atomic mass is 10.1. The van der Waals surface area contributed by atoms with Gasteiger partial charge in [-0.15, -0.1) is 5.69 Å². The molecular weight excluding hydrogens is 490 g/mol. The number of nitrogens with one attached hydrogen (secondary N) is 2. The smallest absolute Gasteiger partial charge is 0.295 e. The van der Waals surface area contributed by atoms with Gasteiger partial charge < -0.3 is 9.62 Å². The maximum Gasteiger partial charge on any atom is 0.295 e. The number of anilines is 1. The monoisotopic (exact) mass is 513 g/mol. The second-order valence-electron chi connectivity index (χ2n) is 8.18. The number of piperidine rings is 1. The molecule has 1 saturated heterocycles. The SMILES string of the molecule is O=[N+]([O-])c1cc(S(=O)(=O)[N-]c2ccc(Cl)cc2)ccc1NN=C1CC[NH+](Cc2ccccc2)CC1. The van der Waals surface area contributed by atoms with Crippen molar-refractivity contribution in [2.24, 2.45) is 5.10 Å². The third-order valence-electron chi connectivity index (χ3n) is 5.68. The molecule has 0 amide bonds. The van der Waals surface area contributed by atoms with Gasteiger partial charge >= 0.3 is 0 Å². The second-order valence-corrected chi connectivity index (χ2v) is 10.2. The van der Waals surface area contributed by atoms with E-state index in [1.54, 1.807) is 0 Å². The molecule has 1 aliphatic rings. The molecule has 2 N–H and O–H groups in total. The van der Waals surface area contributed by atoms with Gasteiger partial charge in [-0.25, -0.2) is 8.42 Å². The Bertz CT molecular complexity index is 1320. The molecule has 9 nitrogen and oxygen atoms in total. The van der Waals surface area contributed by atoms with Crippen LogP contribution in [0.15, 0.2) is 82.8 Å². The minimum Gasteiger partial charge on any atom is -0.573 e. The first-order valence-corrected chi connectivity index (χ1v) is 12.8. The lowest BCUT2D eigenvalue weighted by molar-refractivity contribution is -0.914. The maximum absolute atomic E-state index is 12.7. The summed E-state index contributed by atoms with van der Waals surface area (Å²) in [4.78, 5) is 12.2. The highest BCUT2D eigenvalue weighted by Crippen LogP contribution is 2.33. The van der Waals surface area contributed by atoms with E-state index in [-0.39, 0.29) is 16.3 Å². The summed E-state index contributed by atoms with van der Waals surface area (Å²) in [7, 11) is -4.16. The van der Waals surface area contributed by atoms with Crippen molar-refractivity contribution in [2.75, 3.05) is 18.5 Å². The zero-order valence-corrected chi connectivity index (χ0v) is 20.3. The number of halogens is 1. The van der Waals surface area contributed by atoms with E-state index in [1.165, 1.54) is 46.9 Å². The molecule has 3 aromatic rings. The van der Waals surface area contributed by atoms with Gasteiger partial charge in [0.05, 0.1) is 22.9 Å². The van der Waals surface area contributed by atoms with Crippen LogP contribution in [-0.4, -0.2) is 32.1 Å². The number of nitro benzene ring substituents is 1. The van der Waals surface area contributed by atoms with Crippen LogP contribution in [0.2, 0.25) is 5.02 Å². The Hall–Kier alpha value is -3.47. The Morgan fingerprint density at radius 3 is 2.37 bits per heavy atom. The molecular formula is C24H24ClN5O4S. The van der Waals surface area contributed by atoms with Crippen molar-refractivity contribution in [3.05, 3.63) is 98.2 Å². The normalized spacial score (nSPS) is 15.9. The topological polar surface area (TPSA) is 120 Å². The molecule has 0 radical (unpaired) electrons. The highest BCUT2D eigenvalue weighted by Gasteiger charge is 2.21. The number of quaternary nitrogens is 1. The number of likely N-dealkylation sites (tertiary alicyclic amines) is 1. The Morgan fingerprint density at radius 1 is 1.03 bits per heavy atom. The lowest BCUT2D eigenvalue weighted by Crippen LogP contribution is -3.11. The van der Waals surface area contributed by atoms with E-state index in [0.717, 1.165) is 44.3 Å². The minimum atomic E-state index is -4.16. The van der Waals surface area contributed by atoms with E-state index >= 15 is 0 Å². The molecule has 3 aromatic carbocycles. The van der Waals surface area contributed by atoms with E-state index < -0.39 is 20.6 Å². The molecule has 0 saturated carbocycles. The number of nitro groups is 1. The molecule has 0 bridgehead atoms. The van der Waals surface area contributed by atoms with Crippen molar-refractivity contribution in [1.82, 2.24) is 0 Å². The fraction of sp³-hybridized carbons (Fsp3) is 0.208. The van der Waals surface area contributed by atoms with E-state index in [9.17, 15) is 18.5 Å². The van der Waals surface area contributed by atoms with Crippen LogP contribution in [0.3, 0.4) is 0 Å². The van der Waals surface area contributed by atoms with Crippen molar-refractivity contribution in [3.63, 3.8) is 0 Å². The van der Waals surface area contributed by atoms with Crippen molar-refractivity contribution >= 4 is 44.4 Å². The Morgan fingerprint density at radius 2 is 1.71 bits per heavy atom. The van der Waals surface area contributed by atoms with E-state index in [2.05, 4.69) is 27.4 Å². The Kier molecular flexibility index (Phi) is 7.64. The summed E-state index contributed by atoms with van der Waals surface area (Å²) in [6.07, 6.45) is 1.55. The maximum atomic E-state index is 12.7. The summed E-state index contributed by atoms with van der Waals surface area (Å²) in [6.45, 7) is 2.78. The van der Waals surface area contributed by atoms with Crippen molar-refractivity contribution < 1.29 is 18.2 Å². The van der Waals surface area contributed by atoms with Gasteiger partial charge in [-0.2, -0.15) is 5.10 Å². The fourth-order valence-electron chi connectivity index (χ4n) is 3.82. The summed E-state index contributed by atoms with van der Waals surface area (Å²) in [6, 6.07) is 19.8. The molecule has 182 valence electrons. The number of rotatable bonds is 8. The van der Waals surface area contributed by atoms with Crippen LogP contribution in [0.4, 0.5) is 17.1 Å². The highest BCUT2D eigenvalue weighted by atomic mass is 35.5. The van der Waals surface area contributed by atoms with Gasteiger partial charge in [-0.1, -0.05) is 54.1 Å². The number of hydrogen-bond acceptors (Lipinski definition) is 6. The van der Waals surface area contributed by atoms with Crippen LogP contribution in [0.5, 0.6) is 0 Å². The predicted octanol–water partition coefficient (Wildman–Crippen LogP) is 4.29. The first-order chi connectivity index (χ1) is 16.8. The number of sulfonamides is 1. The van der Waals surface area contributed by atoms with Gasteiger partial charge in [0, 0.05) is 35.2 Å². The predicted molar refractivity (Wildman–Crippen MR) is 136 cm³/mol. The van der Waals surface area contributed by atoms with Crippen molar-refractivity contribution in [1.29, 1.82) is 0 Å². The molecule has 35 heavy (non-hydrogen) atoms. The van der Waals surface area contributed by atoms with Crippen LogP contribution < -0.4 is 10.3 Å². The largest absolute Gasteiger partial charge is 0.573 e. The molecule has 0 atom stereocenters. The molecule has 1 fully saturated rings. The zero-order valence-electron chi connectivity index (χ0n) is 18.7. The first-order valence-electron chi connectivity index (χ1n) is 11.0. The van der Waals surface area contributed by atoms with Crippen LogP contribution in [0, 0.1) is 10.1 Å². The number of nitrogens with zero attached hydrogens (tertiary/aromatic N) is 3. The first kappa shape index (κ1) is 24.6. The quantitative estimate of drug-likeness (QED) is 0.344. The van der Waals surface area contributed by atoms with Gasteiger partial charge in [0.15, 0.2) is 0 Å². The Balaban J connectivity index is 1.42. The van der Waals surface area contributed by atoms with Crippen molar-refractivity contribution in [3.8, 4) is 0 Å². The van der Waals surface area contributed by atoms with Gasteiger partial charge in [-0.3, -0.25) is 15.5 Å². The van der Waals surface area contributed by atoms with Crippen LogP contribution in [-0.2, 0) is 16.6 Å². The number of hydrazone groups is 1. The molecule has 0 aromatic heterocycles.